The fourth-order valence-corrected chi connectivity index (χ4v) is 3.94. The molecule has 0 atom stereocenters. The molecule has 8 heteroatoms. The molecule has 1 heterocycles. The summed E-state index contributed by atoms with van der Waals surface area (Å²) in [5, 5.41) is 5.48. The number of ether oxygens (including phenoxy) is 1. The van der Waals surface area contributed by atoms with E-state index in [1.807, 2.05) is 36.6 Å². The number of aromatic nitrogens is 1. The third-order valence-electron chi connectivity index (χ3n) is 4.91. The number of hydrogen-bond acceptors (Lipinski definition) is 5. The van der Waals surface area contributed by atoms with Gasteiger partial charge < -0.3 is 15.0 Å². The number of nitrogens with one attached hydrogen (secondary N) is 1. The number of alkyl halides is 3. The Kier molecular flexibility index (Phi) is 7.43. The Labute approximate surface area is 184 Å². The predicted octanol–water partition coefficient (Wildman–Crippen LogP) is 6.74. The van der Waals surface area contributed by atoms with Gasteiger partial charge in [0.25, 0.3) is 0 Å². The Morgan fingerprint density at radius 1 is 1.13 bits per heavy atom. The first-order valence-corrected chi connectivity index (χ1v) is 10.9. The van der Waals surface area contributed by atoms with Gasteiger partial charge in [-0.25, -0.2) is 4.98 Å². The molecule has 0 saturated heterocycles. The monoisotopic (exact) mass is 449 g/mol. The zero-order valence-electron chi connectivity index (χ0n) is 17.8. The van der Waals surface area contributed by atoms with Crippen LogP contribution >= 0.6 is 11.3 Å². The van der Waals surface area contributed by atoms with Crippen LogP contribution in [0.2, 0.25) is 0 Å². The summed E-state index contributed by atoms with van der Waals surface area (Å²) in [7, 11) is 3.31. The molecule has 2 aromatic carbocycles. The van der Waals surface area contributed by atoms with E-state index in [-0.39, 0.29) is 5.69 Å². The van der Waals surface area contributed by atoms with Crippen molar-refractivity contribution in [2.24, 2.45) is 0 Å². The number of thiazole rings is 1. The summed E-state index contributed by atoms with van der Waals surface area (Å²) in [5.74, 6) is 0.786. The van der Waals surface area contributed by atoms with Gasteiger partial charge in [0.15, 0.2) is 5.13 Å². The number of nitrogens with zero attached hydrogens (tertiary/aromatic N) is 2. The van der Waals surface area contributed by atoms with Gasteiger partial charge in [-0.1, -0.05) is 25.5 Å². The average Bonchev–Trinajstić information content (AvgIpc) is 3.18. The Hall–Kier alpha value is -2.74. The molecule has 0 radical (unpaired) electrons. The van der Waals surface area contributed by atoms with Crippen molar-refractivity contribution < 1.29 is 17.9 Å². The minimum atomic E-state index is -4.43. The first-order chi connectivity index (χ1) is 14.8. The maximum absolute atomic E-state index is 13.7. The SMILES string of the molecule is CCCCN(C)c1ccc(Nc2nc(Cc3ccc(OC)cc3)cs2)cc1C(F)(F)F. The number of anilines is 3. The fourth-order valence-electron chi connectivity index (χ4n) is 3.21. The standard InChI is InChI=1S/C23H26F3N3OS/c1-4-5-12-29(2)21-11-8-17(14-20(21)23(24,25)26)27-22-28-18(15-31-22)13-16-6-9-19(30-3)10-7-16/h6-11,14-15H,4-5,12-13H2,1-3H3,(H,27,28). The smallest absolute Gasteiger partial charge is 0.418 e. The highest BCUT2D eigenvalue weighted by molar-refractivity contribution is 7.13. The third kappa shape index (κ3) is 6.13. The van der Waals surface area contributed by atoms with E-state index in [2.05, 4.69) is 10.3 Å². The summed E-state index contributed by atoms with van der Waals surface area (Å²) >= 11 is 1.37. The van der Waals surface area contributed by atoms with Crippen molar-refractivity contribution in [3.63, 3.8) is 0 Å². The van der Waals surface area contributed by atoms with Crippen LogP contribution < -0.4 is 15.0 Å². The summed E-state index contributed by atoms with van der Waals surface area (Å²) in [6.45, 7) is 2.59. The van der Waals surface area contributed by atoms with E-state index in [9.17, 15) is 13.2 Å². The summed E-state index contributed by atoms with van der Waals surface area (Å²) in [4.78, 5) is 6.18. The van der Waals surface area contributed by atoms with Crippen LogP contribution in [0.4, 0.5) is 29.7 Å². The van der Waals surface area contributed by atoms with Crippen molar-refractivity contribution in [1.82, 2.24) is 4.98 Å². The summed E-state index contributed by atoms with van der Waals surface area (Å²) in [6.07, 6.45) is -2.04. The number of benzene rings is 2. The molecule has 1 N–H and O–H groups in total. The highest BCUT2D eigenvalue weighted by Crippen LogP contribution is 2.38. The first-order valence-electron chi connectivity index (χ1n) is 10.1. The molecular formula is C23H26F3N3OS. The van der Waals surface area contributed by atoms with Crippen molar-refractivity contribution in [2.45, 2.75) is 32.4 Å². The minimum Gasteiger partial charge on any atom is -0.497 e. The highest BCUT2D eigenvalue weighted by atomic mass is 32.1. The topological polar surface area (TPSA) is 37.4 Å². The molecule has 0 bridgehead atoms. The number of hydrogen-bond donors (Lipinski definition) is 1. The number of unbranched alkanes of at least 4 members (excludes halogenated alkanes) is 1. The number of methoxy groups -OCH3 is 1. The van der Waals surface area contributed by atoms with Crippen LogP contribution in [0.15, 0.2) is 47.8 Å². The highest BCUT2D eigenvalue weighted by Gasteiger charge is 2.34. The molecule has 0 unspecified atom stereocenters. The van der Waals surface area contributed by atoms with Crippen LogP contribution in [-0.4, -0.2) is 25.7 Å². The van der Waals surface area contributed by atoms with E-state index < -0.39 is 11.7 Å². The number of halogens is 3. The molecule has 31 heavy (non-hydrogen) atoms. The molecule has 0 amide bonds. The van der Waals surface area contributed by atoms with Gasteiger partial charge in [0, 0.05) is 36.8 Å². The van der Waals surface area contributed by atoms with Crippen LogP contribution in [0.1, 0.15) is 36.6 Å². The molecule has 1 aromatic heterocycles. The molecule has 3 aromatic rings. The lowest BCUT2D eigenvalue weighted by atomic mass is 10.1. The lowest BCUT2D eigenvalue weighted by Crippen LogP contribution is -2.22. The van der Waals surface area contributed by atoms with Gasteiger partial charge >= 0.3 is 6.18 Å². The van der Waals surface area contributed by atoms with Crippen LogP contribution in [0, 0.1) is 0 Å². The van der Waals surface area contributed by atoms with Crippen molar-refractivity contribution in [1.29, 1.82) is 0 Å². The first kappa shape index (κ1) is 22.9. The largest absolute Gasteiger partial charge is 0.497 e. The quantitative estimate of drug-likeness (QED) is 0.392. The zero-order valence-corrected chi connectivity index (χ0v) is 18.6. The van der Waals surface area contributed by atoms with E-state index in [1.54, 1.807) is 25.1 Å². The van der Waals surface area contributed by atoms with Crippen LogP contribution in [-0.2, 0) is 12.6 Å². The molecular weight excluding hydrogens is 423 g/mol. The Morgan fingerprint density at radius 3 is 2.52 bits per heavy atom. The fraction of sp³-hybridized carbons (Fsp3) is 0.348. The molecule has 3 rings (SSSR count). The molecule has 0 aliphatic rings. The van der Waals surface area contributed by atoms with Gasteiger partial charge in [-0.15, -0.1) is 11.3 Å². The van der Waals surface area contributed by atoms with E-state index in [0.717, 1.165) is 35.9 Å². The van der Waals surface area contributed by atoms with Crippen LogP contribution in [0.25, 0.3) is 0 Å². The Bertz CT molecular complexity index is 986. The van der Waals surface area contributed by atoms with Crippen LogP contribution in [0.3, 0.4) is 0 Å². The van der Waals surface area contributed by atoms with Gasteiger partial charge in [-0.2, -0.15) is 13.2 Å². The van der Waals surface area contributed by atoms with Crippen molar-refractivity contribution >= 4 is 27.8 Å². The van der Waals surface area contributed by atoms with E-state index in [0.29, 0.717) is 23.8 Å². The number of rotatable bonds is 9. The Balaban J connectivity index is 1.74. The molecule has 0 aliphatic carbocycles. The second kappa shape index (κ2) is 10.0. The van der Waals surface area contributed by atoms with Crippen LogP contribution in [0.5, 0.6) is 5.75 Å². The summed E-state index contributed by atoms with van der Waals surface area (Å²) < 4.78 is 46.2. The average molecular weight is 450 g/mol. The second-order valence-electron chi connectivity index (χ2n) is 7.30. The summed E-state index contributed by atoms with van der Waals surface area (Å²) in [6, 6.07) is 12.0. The van der Waals surface area contributed by atoms with Crippen molar-refractivity contribution in [3.8, 4) is 5.75 Å². The maximum Gasteiger partial charge on any atom is 0.418 e. The minimum absolute atomic E-state index is 0.186. The lowest BCUT2D eigenvalue weighted by molar-refractivity contribution is -0.137. The second-order valence-corrected chi connectivity index (χ2v) is 8.16. The third-order valence-corrected chi connectivity index (χ3v) is 5.71. The normalized spacial score (nSPS) is 11.4. The van der Waals surface area contributed by atoms with Gasteiger partial charge in [0.05, 0.1) is 18.4 Å². The Morgan fingerprint density at radius 2 is 1.87 bits per heavy atom. The molecule has 166 valence electrons. The molecule has 0 saturated carbocycles. The summed E-state index contributed by atoms with van der Waals surface area (Å²) in [5.41, 5.74) is 1.84. The molecule has 0 spiro atoms. The van der Waals surface area contributed by atoms with Gasteiger partial charge in [-0.05, 0) is 42.3 Å². The van der Waals surface area contributed by atoms with Gasteiger partial charge in [0.2, 0.25) is 0 Å². The van der Waals surface area contributed by atoms with Gasteiger partial charge in [0.1, 0.15) is 5.75 Å². The van der Waals surface area contributed by atoms with Crippen molar-refractivity contribution in [2.75, 3.05) is 30.9 Å². The van der Waals surface area contributed by atoms with E-state index >= 15 is 0 Å². The van der Waals surface area contributed by atoms with Gasteiger partial charge in [-0.3, -0.25) is 0 Å². The molecule has 4 nitrogen and oxygen atoms in total. The van der Waals surface area contributed by atoms with E-state index in [4.69, 9.17) is 4.74 Å². The lowest BCUT2D eigenvalue weighted by Gasteiger charge is -2.24. The van der Waals surface area contributed by atoms with Crippen molar-refractivity contribution in [3.05, 3.63) is 64.7 Å². The molecule has 0 aliphatic heterocycles. The zero-order chi connectivity index (χ0) is 22.4. The predicted molar refractivity (Wildman–Crippen MR) is 121 cm³/mol. The molecule has 0 fully saturated rings. The maximum atomic E-state index is 13.7. The van der Waals surface area contributed by atoms with E-state index in [1.165, 1.54) is 17.4 Å².